The lowest BCUT2D eigenvalue weighted by molar-refractivity contribution is 0.0924. The number of carbonyl (C=O) groups excluding carboxylic acids is 1. The first-order valence-corrected chi connectivity index (χ1v) is 10.7. The minimum absolute atomic E-state index is 0.167. The molecule has 30 heavy (non-hydrogen) atoms. The molecular formula is C25H25N3OS. The van der Waals surface area contributed by atoms with Gasteiger partial charge in [0.15, 0.2) is 0 Å². The monoisotopic (exact) mass is 415 g/mol. The number of aromatic nitrogens is 1. The van der Waals surface area contributed by atoms with Crippen molar-refractivity contribution in [3.63, 3.8) is 0 Å². The molecule has 4 aromatic rings. The van der Waals surface area contributed by atoms with Crippen LogP contribution in [-0.2, 0) is 0 Å². The summed E-state index contributed by atoms with van der Waals surface area (Å²) in [6, 6.07) is 20.5. The fourth-order valence-electron chi connectivity index (χ4n) is 3.40. The lowest BCUT2D eigenvalue weighted by Crippen LogP contribution is -2.40. The summed E-state index contributed by atoms with van der Waals surface area (Å²) in [5, 5.41) is 3.85. The number of thiophene rings is 1. The van der Waals surface area contributed by atoms with Crippen LogP contribution in [0.25, 0.3) is 32.6 Å². The van der Waals surface area contributed by atoms with Crippen molar-refractivity contribution in [1.29, 1.82) is 0 Å². The third-order valence-electron chi connectivity index (χ3n) is 4.83. The molecule has 0 bridgehead atoms. The van der Waals surface area contributed by atoms with Crippen LogP contribution in [-0.4, -0.2) is 16.4 Å². The smallest absolute Gasteiger partial charge is 0.263 e. The number of rotatable bonds is 3. The van der Waals surface area contributed by atoms with Gasteiger partial charge in [-0.15, -0.1) is 11.3 Å². The molecule has 0 aliphatic rings. The zero-order valence-electron chi connectivity index (χ0n) is 17.6. The van der Waals surface area contributed by atoms with Crippen LogP contribution in [0, 0.1) is 6.92 Å². The Morgan fingerprint density at radius 3 is 2.30 bits per heavy atom. The van der Waals surface area contributed by atoms with Crippen molar-refractivity contribution in [1.82, 2.24) is 10.3 Å². The topological polar surface area (TPSA) is 68.0 Å². The molecule has 0 unspecified atom stereocenters. The average Bonchev–Trinajstić information content (AvgIpc) is 3.04. The summed E-state index contributed by atoms with van der Waals surface area (Å²) in [6.07, 6.45) is 0. The van der Waals surface area contributed by atoms with Gasteiger partial charge in [-0.1, -0.05) is 60.2 Å². The first-order valence-electron chi connectivity index (χ1n) is 9.91. The maximum atomic E-state index is 12.9. The standard InChI is InChI=1S/C25H25N3OS/c1-15-10-12-16(13-11-15)18-14-19(17-8-6-5-7-9-17)27-24-20(18)21(26)22(30-24)23(29)28-25(2,3)4/h5-14H,26H2,1-4H3,(H,28,29). The van der Waals surface area contributed by atoms with Gasteiger partial charge in [0, 0.05) is 16.5 Å². The van der Waals surface area contributed by atoms with Crippen LogP contribution < -0.4 is 11.1 Å². The molecule has 152 valence electrons. The summed E-state index contributed by atoms with van der Waals surface area (Å²) in [6.45, 7) is 7.93. The number of nitrogens with one attached hydrogen (secondary N) is 1. The number of nitrogens with two attached hydrogens (primary N) is 1. The molecule has 0 aliphatic carbocycles. The molecule has 0 atom stereocenters. The zero-order valence-corrected chi connectivity index (χ0v) is 18.4. The molecule has 1 amide bonds. The predicted octanol–water partition coefficient (Wildman–Crippen LogP) is 6.05. The molecule has 4 nitrogen and oxygen atoms in total. The largest absolute Gasteiger partial charge is 0.397 e. The summed E-state index contributed by atoms with van der Waals surface area (Å²) in [4.78, 5) is 19.0. The number of nitrogen functional groups attached to an aromatic ring is 1. The molecule has 2 aromatic carbocycles. The van der Waals surface area contributed by atoms with Gasteiger partial charge in [0.2, 0.25) is 0 Å². The number of anilines is 1. The average molecular weight is 416 g/mol. The minimum atomic E-state index is -0.345. The summed E-state index contributed by atoms with van der Waals surface area (Å²) in [7, 11) is 0. The van der Waals surface area contributed by atoms with Gasteiger partial charge in [-0.3, -0.25) is 4.79 Å². The van der Waals surface area contributed by atoms with Crippen molar-refractivity contribution < 1.29 is 4.79 Å². The maximum Gasteiger partial charge on any atom is 0.263 e. The fourth-order valence-corrected chi connectivity index (χ4v) is 4.42. The highest BCUT2D eigenvalue weighted by Crippen LogP contribution is 2.41. The first-order chi connectivity index (χ1) is 14.2. The molecule has 0 radical (unpaired) electrons. The van der Waals surface area contributed by atoms with Crippen molar-refractivity contribution in [3.8, 4) is 22.4 Å². The normalized spacial score (nSPS) is 11.6. The third-order valence-corrected chi connectivity index (χ3v) is 5.92. The van der Waals surface area contributed by atoms with Crippen LogP contribution in [0.15, 0.2) is 60.7 Å². The Morgan fingerprint density at radius 2 is 1.67 bits per heavy atom. The molecule has 5 heteroatoms. The Balaban J connectivity index is 1.96. The van der Waals surface area contributed by atoms with E-state index in [4.69, 9.17) is 10.7 Å². The predicted molar refractivity (Wildman–Crippen MR) is 127 cm³/mol. The van der Waals surface area contributed by atoms with Gasteiger partial charge in [-0.2, -0.15) is 0 Å². The number of nitrogens with zero attached hydrogens (tertiary/aromatic N) is 1. The molecular weight excluding hydrogens is 390 g/mol. The second-order valence-electron chi connectivity index (χ2n) is 8.52. The van der Waals surface area contributed by atoms with Crippen LogP contribution in [0.2, 0.25) is 0 Å². The van der Waals surface area contributed by atoms with Crippen molar-refractivity contribution in [3.05, 3.63) is 71.1 Å². The van der Waals surface area contributed by atoms with E-state index in [-0.39, 0.29) is 11.4 Å². The second kappa shape index (κ2) is 7.58. The first kappa shape index (κ1) is 20.1. The number of carbonyl (C=O) groups is 1. The lowest BCUT2D eigenvalue weighted by atomic mass is 9.98. The number of hydrogen-bond acceptors (Lipinski definition) is 4. The van der Waals surface area contributed by atoms with Crippen LogP contribution in [0.5, 0.6) is 0 Å². The van der Waals surface area contributed by atoms with Gasteiger partial charge in [-0.05, 0) is 44.9 Å². The number of hydrogen-bond donors (Lipinski definition) is 2. The van der Waals surface area contributed by atoms with Gasteiger partial charge in [0.1, 0.15) is 9.71 Å². The summed E-state index contributed by atoms with van der Waals surface area (Å²) in [5.41, 5.74) is 11.8. The van der Waals surface area contributed by atoms with Crippen LogP contribution >= 0.6 is 11.3 Å². The molecule has 0 spiro atoms. The molecule has 0 saturated heterocycles. The molecule has 0 fully saturated rings. The van der Waals surface area contributed by atoms with E-state index in [0.717, 1.165) is 32.6 Å². The summed E-state index contributed by atoms with van der Waals surface area (Å²) < 4.78 is 0. The quantitative estimate of drug-likeness (QED) is 0.428. The maximum absolute atomic E-state index is 12.9. The molecule has 2 aromatic heterocycles. The SMILES string of the molecule is Cc1ccc(-c2cc(-c3ccccc3)nc3sc(C(=O)NC(C)(C)C)c(N)c23)cc1. The summed E-state index contributed by atoms with van der Waals surface area (Å²) >= 11 is 1.35. The Kier molecular flexibility index (Phi) is 5.08. The highest BCUT2D eigenvalue weighted by atomic mass is 32.1. The van der Waals surface area contributed by atoms with Crippen molar-refractivity contribution in [2.24, 2.45) is 0 Å². The molecule has 0 aliphatic heterocycles. The summed E-state index contributed by atoms with van der Waals surface area (Å²) in [5.74, 6) is -0.167. The number of pyridine rings is 1. The molecule has 4 rings (SSSR count). The van der Waals surface area contributed by atoms with E-state index >= 15 is 0 Å². The van der Waals surface area contributed by atoms with Gasteiger partial charge in [0.05, 0.1) is 11.4 Å². The number of benzene rings is 2. The van der Waals surface area contributed by atoms with Gasteiger partial charge >= 0.3 is 0 Å². The zero-order chi connectivity index (χ0) is 21.5. The van der Waals surface area contributed by atoms with Crippen LogP contribution in [0.3, 0.4) is 0 Å². The Hall–Kier alpha value is -3.18. The second-order valence-corrected chi connectivity index (χ2v) is 9.52. The van der Waals surface area contributed by atoms with Crippen LogP contribution in [0.4, 0.5) is 5.69 Å². The minimum Gasteiger partial charge on any atom is -0.397 e. The fraction of sp³-hybridized carbons (Fsp3) is 0.200. The number of fused-ring (bicyclic) bond motifs is 1. The highest BCUT2D eigenvalue weighted by molar-refractivity contribution is 7.21. The van der Waals surface area contributed by atoms with Gasteiger partial charge < -0.3 is 11.1 Å². The van der Waals surface area contributed by atoms with Gasteiger partial charge in [0.25, 0.3) is 5.91 Å². The Labute approximate surface area is 180 Å². The van der Waals surface area contributed by atoms with E-state index < -0.39 is 0 Å². The number of aryl methyl sites for hydroxylation is 1. The molecule has 3 N–H and O–H groups in total. The van der Waals surface area contributed by atoms with Crippen molar-refractivity contribution >= 4 is 33.1 Å². The van der Waals surface area contributed by atoms with E-state index in [0.29, 0.717) is 10.6 Å². The third kappa shape index (κ3) is 3.94. The van der Waals surface area contributed by atoms with E-state index in [9.17, 15) is 4.79 Å². The van der Waals surface area contributed by atoms with E-state index in [1.165, 1.54) is 16.9 Å². The Bertz CT molecular complexity index is 1220. The Morgan fingerprint density at radius 1 is 1.00 bits per heavy atom. The molecule has 0 saturated carbocycles. The van der Waals surface area contributed by atoms with Gasteiger partial charge in [-0.25, -0.2) is 4.98 Å². The molecule has 2 heterocycles. The highest BCUT2D eigenvalue weighted by Gasteiger charge is 2.24. The van der Waals surface area contributed by atoms with Crippen LogP contribution in [0.1, 0.15) is 36.0 Å². The lowest BCUT2D eigenvalue weighted by Gasteiger charge is -2.20. The van der Waals surface area contributed by atoms with E-state index in [1.54, 1.807) is 0 Å². The van der Waals surface area contributed by atoms with Crippen molar-refractivity contribution in [2.75, 3.05) is 5.73 Å². The van der Waals surface area contributed by atoms with Crippen molar-refractivity contribution in [2.45, 2.75) is 33.2 Å². The number of amides is 1. The van der Waals surface area contributed by atoms with E-state index in [1.807, 2.05) is 51.1 Å². The van der Waals surface area contributed by atoms with E-state index in [2.05, 4.69) is 42.6 Å².